The predicted molar refractivity (Wildman–Crippen MR) is 77.6 cm³/mol. The van der Waals surface area contributed by atoms with Gasteiger partial charge in [0.1, 0.15) is 0 Å². The van der Waals surface area contributed by atoms with Gasteiger partial charge in [-0.05, 0) is 31.8 Å². The van der Waals surface area contributed by atoms with E-state index in [2.05, 4.69) is 22.0 Å². The number of carboxylic acid groups (broad SMARTS) is 1. The first-order chi connectivity index (χ1) is 9.56. The molecule has 1 aliphatic heterocycles. The van der Waals surface area contributed by atoms with Crippen molar-refractivity contribution in [1.82, 2.24) is 19.7 Å². The van der Waals surface area contributed by atoms with Gasteiger partial charge in [0, 0.05) is 13.1 Å². The molecule has 1 unspecified atom stereocenters. The second kappa shape index (κ2) is 6.94. The van der Waals surface area contributed by atoms with Crippen molar-refractivity contribution in [3.63, 3.8) is 0 Å². The van der Waals surface area contributed by atoms with Crippen LogP contribution in [-0.2, 0) is 11.3 Å². The van der Waals surface area contributed by atoms with Gasteiger partial charge in [-0.2, -0.15) is 0 Å². The second-order valence-electron chi connectivity index (χ2n) is 5.25. The van der Waals surface area contributed by atoms with Crippen molar-refractivity contribution in [2.24, 2.45) is 5.92 Å². The molecule has 3 N–H and O–H groups in total. The van der Waals surface area contributed by atoms with Crippen LogP contribution in [0, 0.1) is 5.92 Å². The zero-order valence-corrected chi connectivity index (χ0v) is 12.5. The van der Waals surface area contributed by atoms with Crippen molar-refractivity contribution in [3.05, 3.63) is 0 Å². The number of nitrogens with zero attached hydrogens (tertiary/aromatic N) is 4. The van der Waals surface area contributed by atoms with Gasteiger partial charge in [0.25, 0.3) is 0 Å². The monoisotopic (exact) mass is 299 g/mol. The predicted octanol–water partition coefficient (Wildman–Crippen LogP) is 0.769. The van der Waals surface area contributed by atoms with Crippen molar-refractivity contribution in [2.75, 3.05) is 31.1 Å². The number of hydrogen-bond donors (Lipinski definition) is 2. The van der Waals surface area contributed by atoms with Crippen LogP contribution in [0.5, 0.6) is 0 Å². The van der Waals surface area contributed by atoms with E-state index in [1.165, 1.54) is 25.9 Å². The maximum absolute atomic E-state index is 10.6. The summed E-state index contributed by atoms with van der Waals surface area (Å²) in [7, 11) is 0. The molecular weight excluding hydrogens is 278 g/mol. The van der Waals surface area contributed by atoms with Crippen molar-refractivity contribution < 1.29 is 9.90 Å². The zero-order chi connectivity index (χ0) is 14.5. The highest BCUT2D eigenvalue weighted by Gasteiger charge is 2.18. The molecule has 0 bridgehead atoms. The number of likely N-dealkylation sites (tertiary alicyclic amines) is 1. The molecule has 1 saturated heterocycles. The number of nitrogen functional groups attached to an aromatic ring is 1. The van der Waals surface area contributed by atoms with Crippen molar-refractivity contribution in [1.29, 1.82) is 0 Å². The molecule has 0 aliphatic carbocycles. The van der Waals surface area contributed by atoms with Gasteiger partial charge in [0.15, 0.2) is 5.16 Å². The molecule has 1 aromatic heterocycles. The second-order valence-corrected chi connectivity index (χ2v) is 6.19. The lowest BCUT2D eigenvalue weighted by atomic mass is 10.1. The summed E-state index contributed by atoms with van der Waals surface area (Å²) in [5, 5.41) is 17.1. The number of aliphatic carboxylic acids is 1. The minimum absolute atomic E-state index is 0.0291. The average Bonchev–Trinajstić information content (AvgIpc) is 2.99. The van der Waals surface area contributed by atoms with Crippen LogP contribution in [0.2, 0.25) is 0 Å². The number of anilines is 1. The molecule has 2 heterocycles. The Hall–Kier alpha value is -1.28. The van der Waals surface area contributed by atoms with Crippen molar-refractivity contribution in [2.45, 2.75) is 31.5 Å². The molecule has 1 fully saturated rings. The number of thioether (sulfide) groups is 1. The maximum atomic E-state index is 10.6. The lowest BCUT2D eigenvalue weighted by molar-refractivity contribution is -0.133. The van der Waals surface area contributed by atoms with Crippen molar-refractivity contribution >= 4 is 23.7 Å². The molecule has 1 aliphatic rings. The minimum atomic E-state index is -0.867. The fourth-order valence-corrected chi connectivity index (χ4v) is 3.16. The first-order valence-electron chi connectivity index (χ1n) is 6.82. The van der Waals surface area contributed by atoms with E-state index in [0.717, 1.165) is 24.9 Å². The third-order valence-electron chi connectivity index (χ3n) is 3.33. The Morgan fingerprint density at radius 3 is 2.75 bits per heavy atom. The number of carbonyl (C=O) groups is 1. The van der Waals surface area contributed by atoms with E-state index in [-0.39, 0.29) is 5.75 Å². The van der Waals surface area contributed by atoms with Crippen LogP contribution < -0.4 is 5.73 Å². The molecule has 0 spiro atoms. The lowest BCUT2D eigenvalue weighted by Crippen LogP contribution is -2.28. The molecular formula is C12H21N5O2S. The Morgan fingerprint density at radius 1 is 1.40 bits per heavy atom. The molecule has 0 saturated carbocycles. The van der Waals surface area contributed by atoms with Crippen LogP contribution in [0.25, 0.3) is 0 Å². The number of aromatic nitrogens is 3. The van der Waals surface area contributed by atoms with E-state index in [1.54, 1.807) is 0 Å². The fourth-order valence-electron chi connectivity index (χ4n) is 2.48. The first-order valence-corrected chi connectivity index (χ1v) is 7.80. The molecule has 1 atom stereocenters. The number of rotatable bonds is 7. The van der Waals surface area contributed by atoms with Crippen LogP contribution in [0.3, 0.4) is 0 Å². The quantitative estimate of drug-likeness (QED) is 0.718. The van der Waals surface area contributed by atoms with E-state index in [1.807, 2.05) is 4.57 Å². The molecule has 2 rings (SSSR count). The van der Waals surface area contributed by atoms with E-state index >= 15 is 0 Å². The summed E-state index contributed by atoms with van der Waals surface area (Å²) in [6.07, 6.45) is 2.56. The summed E-state index contributed by atoms with van der Waals surface area (Å²) in [6, 6.07) is 0. The number of hydrogen-bond acceptors (Lipinski definition) is 6. The van der Waals surface area contributed by atoms with Crippen LogP contribution in [-0.4, -0.2) is 56.1 Å². The standard InChI is InChI=1S/C12H21N5O2S/c1-9(6-16-4-2-3-5-16)7-17-11(13)14-15-12(17)20-8-10(18)19/h9H,2-8H2,1H3,(H2,13,14)(H,18,19). The van der Waals surface area contributed by atoms with Crippen molar-refractivity contribution in [3.8, 4) is 0 Å². The first kappa shape index (κ1) is 15.1. The molecule has 20 heavy (non-hydrogen) atoms. The molecule has 0 aromatic carbocycles. The van der Waals surface area contributed by atoms with Crippen LogP contribution in [0.1, 0.15) is 19.8 Å². The summed E-state index contributed by atoms with van der Waals surface area (Å²) in [5.74, 6) is -0.117. The maximum Gasteiger partial charge on any atom is 0.313 e. The SMILES string of the molecule is CC(CN1CCCC1)Cn1c(N)nnc1SCC(=O)O. The summed E-state index contributed by atoms with van der Waals surface area (Å²) >= 11 is 1.16. The van der Waals surface area contributed by atoms with Gasteiger partial charge in [-0.3, -0.25) is 9.36 Å². The Labute approximate surface area is 122 Å². The lowest BCUT2D eigenvalue weighted by Gasteiger charge is -2.21. The third-order valence-corrected chi connectivity index (χ3v) is 4.28. The van der Waals surface area contributed by atoms with Gasteiger partial charge in [0.2, 0.25) is 5.95 Å². The van der Waals surface area contributed by atoms with Gasteiger partial charge in [-0.1, -0.05) is 18.7 Å². The smallest absolute Gasteiger partial charge is 0.313 e. The zero-order valence-electron chi connectivity index (χ0n) is 11.7. The Bertz CT molecular complexity index is 459. The topological polar surface area (TPSA) is 97.3 Å². The Kier molecular flexibility index (Phi) is 5.24. The van der Waals surface area contributed by atoms with Gasteiger partial charge >= 0.3 is 5.97 Å². The summed E-state index contributed by atoms with van der Waals surface area (Å²) in [5.41, 5.74) is 5.82. The highest BCUT2D eigenvalue weighted by Crippen LogP contribution is 2.20. The van der Waals surface area contributed by atoms with E-state index in [9.17, 15) is 4.79 Å². The normalized spacial score (nSPS) is 17.4. The third kappa shape index (κ3) is 4.11. The average molecular weight is 299 g/mol. The molecule has 0 radical (unpaired) electrons. The van der Waals surface area contributed by atoms with E-state index < -0.39 is 5.97 Å². The van der Waals surface area contributed by atoms with E-state index in [0.29, 0.717) is 17.0 Å². The Balaban J connectivity index is 1.93. The molecule has 1 aromatic rings. The number of carboxylic acids is 1. The fraction of sp³-hybridized carbons (Fsp3) is 0.750. The van der Waals surface area contributed by atoms with Gasteiger partial charge in [0.05, 0.1) is 5.75 Å². The van der Waals surface area contributed by atoms with E-state index in [4.69, 9.17) is 10.8 Å². The molecule has 8 heteroatoms. The highest BCUT2D eigenvalue weighted by molar-refractivity contribution is 7.99. The largest absolute Gasteiger partial charge is 0.481 e. The summed E-state index contributed by atoms with van der Waals surface area (Å²) in [4.78, 5) is 13.1. The van der Waals surface area contributed by atoms with Gasteiger partial charge < -0.3 is 15.7 Å². The van der Waals surface area contributed by atoms with Crippen LogP contribution in [0.4, 0.5) is 5.95 Å². The van der Waals surface area contributed by atoms with Crippen LogP contribution >= 0.6 is 11.8 Å². The van der Waals surface area contributed by atoms with Gasteiger partial charge in [-0.25, -0.2) is 0 Å². The Morgan fingerprint density at radius 2 is 2.10 bits per heavy atom. The minimum Gasteiger partial charge on any atom is -0.481 e. The highest BCUT2D eigenvalue weighted by atomic mass is 32.2. The van der Waals surface area contributed by atoms with Gasteiger partial charge in [-0.15, -0.1) is 10.2 Å². The molecule has 112 valence electrons. The molecule has 7 nitrogen and oxygen atoms in total. The summed E-state index contributed by atoms with van der Waals surface area (Å²) < 4.78 is 1.81. The van der Waals surface area contributed by atoms with Crippen LogP contribution in [0.15, 0.2) is 5.16 Å². The summed E-state index contributed by atoms with van der Waals surface area (Å²) in [6.45, 7) is 6.26. The molecule has 0 amide bonds. The number of nitrogens with two attached hydrogens (primary N) is 1.